The fourth-order valence-corrected chi connectivity index (χ4v) is 1.18. The van der Waals surface area contributed by atoms with Gasteiger partial charge in [-0.3, -0.25) is 0 Å². The Kier molecular flexibility index (Phi) is 4.84. The molecule has 0 saturated heterocycles. The van der Waals surface area contributed by atoms with E-state index < -0.39 is 5.97 Å². The Morgan fingerprint density at radius 2 is 2.13 bits per heavy atom. The van der Waals surface area contributed by atoms with Crippen LogP contribution in [0.15, 0.2) is 30.3 Å². The van der Waals surface area contributed by atoms with E-state index in [-0.39, 0.29) is 0 Å². The van der Waals surface area contributed by atoms with Gasteiger partial charge in [-0.25, -0.2) is 4.79 Å². The van der Waals surface area contributed by atoms with Crippen LogP contribution in [0.5, 0.6) is 0 Å². The molecular weight excluding hydrogens is 192 g/mol. The van der Waals surface area contributed by atoms with Gasteiger partial charge in [-0.1, -0.05) is 30.3 Å². The maximum Gasteiger partial charge on any atom is 0.413 e. The summed E-state index contributed by atoms with van der Waals surface area (Å²) in [5, 5.41) is 0. The van der Waals surface area contributed by atoms with Crippen LogP contribution in [-0.2, 0) is 16.0 Å². The third kappa shape index (κ3) is 4.74. The van der Waals surface area contributed by atoms with Gasteiger partial charge in [0.15, 0.2) is 0 Å². The molecule has 0 aliphatic heterocycles. The molecule has 0 spiro atoms. The number of benzene rings is 1. The molecule has 0 heterocycles. The van der Waals surface area contributed by atoms with Gasteiger partial charge in [0.2, 0.25) is 0 Å². The Balaban J connectivity index is 2.17. The van der Waals surface area contributed by atoms with Crippen molar-refractivity contribution in [3.8, 4) is 0 Å². The van der Waals surface area contributed by atoms with Gasteiger partial charge in [-0.15, -0.1) is 0 Å². The second kappa shape index (κ2) is 6.51. The maximum absolute atomic E-state index is 10.7. The van der Waals surface area contributed by atoms with Crippen LogP contribution < -0.4 is 0 Å². The van der Waals surface area contributed by atoms with E-state index in [0.717, 1.165) is 19.1 Å². The summed E-state index contributed by atoms with van der Waals surface area (Å²) in [6.07, 6.45) is 2.36. The first-order valence-corrected chi connectivity index (χ1v) is 4.71. The molecule has 0 aromatic heterocycles. The number of nitrogens with zero attached hydrogens (tertiary/aromatic N) is 2. The minimum atomic E-state index is -0.620. The van der Waals surface area contributed by atoms with Gasteiger partial charge in [0.05, 0.1) is 6.61 Å². The van der Waals surface area contributed by atoms with E-state index in [1.165, 1.54) is 5.56 Å². The van der Waals surface area contributed by atoms with Crippen LogP contribution in [-0.4, -0.2) is 23.6 Å². The molecule has 15 heavy (non-hydrogen) atoms. The van der Waals surface area contributed by atoms with Gasteiger partial charge < -0.3 is 10.3 Å². The van der Waals surface area contributed by atoms with Crippen molar-refractivity contribution in [1.82, 2.24) is 0 Å². The summed E-state index contributed by atoms with van der Waals surface area (Å²) in [4.78, 5) is 13.3. The molecule has 1 rings (SSSR count). The number of hydrogen-bond donors (Lipinski definition) is 0. The van der Waals surface area contributed by atoms with Crippen molar-refractivity contribution in [3.63, 3.8) is 0 Å². The Hall–Kier alpha value is -1.93. The number of esters is 1. The quantitative estimate of drug-likeness (QED) is 0.239. The minimum absolute atomic E-state index is 0.333. The molecule has 0 bridgehead atoms. The van der Waals surface area contributed by atoms with Crippen LogP contribution in [0.2, 0.25) is 0 Å². The molecule has 0 amide bonds. The first kappa shape index (κ1) is 11.1. The topological polar surface area (TPSA) is 62.7 Å². The van der Waals surface area contributed by atoms with E-state index in [1.807, 2.05) is 30.3 Å². The lowest BCUT2D eigenvalue weighted by atomic mass is 10.1. The highest BCUT2D eigenvalue weighted by Gasteiger charge is 2.01. The normalized spacial score (nSPS) is 9.07. The standard InChI is InChI=1S/C11H12N2O2/c12-13-9-11(14)15-8-4-7-10-5-2-1-3-6-10/h1-3,5-6,9H,4,7-8H2. The fraction of sp³-hybridized carbons (Fsp3) is 0.273. The van der Waals surface area contributed by atoms with Crippen LogP contribution >= 0.6 is 0 Å². The number of rotatable bonds is 5. The van der Waals surface area contributed by atoms with Gasteiger partial charge in [0.1, 0.15) is 0 Å². The van der Waals surface area contributed by atoms with Crippen LogP contribution in [0.4, 0.5) is 0 Å². The van der Waals surface area contributed by atoms with E-state index in [1.54, 1.807) is 0 Å². The highest BCUT2D eigenvalue weighted by molar-refractivity contribution is 6.20. The zero-order valence-electron chi connectivity index (χ0n) is 8.30. The summed E-state index contributed by atoms with van der Waals surface area (Å²) < 4.78 is 4.76. The molecule has 0 fully saturated rings. The smallest absolute Gasteiger partial charge is 0.413 e. The van der Waals surface area contributed by atoms with Crippen LogP contribution in [0.1, 0.15) is 12.0 Å². The molecule has 0 aliphatic carbocycles. The number of ether oxygens (including phenoxy) is 1. The largest absolute Gasteiger partial charge is 0.457 e. The summed E-state index contributed by atoms with van der Waals surface area (Å²) >= 11 is 0. The number of hydrogen-bond acceptors (Lipinski definition) is 2. The van der Waals surface area contributed by atoms with Gasteiger partial charge in [0, 0.05) is 0 Å². The van der Waals surface area contributed by atoms with Gasteiger partial charge in [0.25, 0.3) is 0 Å². The number of carbonyl (C=O) groups is 1. The van der Waals surface area contributed by atoms with Crippen molar-refractivity contribution in [3.05, 3.63) is 41.4 Å². The summed E-state index contributed by atoms with van der Waals surface area (Å²) in [6, 6.07) is 9.95. The van der Waals surface area contributed by atoms with E-state index in [0.29, 0.717) is 6.61 Å². The molecule has 0 radical (unpaired) electrons. The highest BCUT2D eigenvalue weighted by atomic mass is 16.5. The summed E-state index contributed by atoms with van der Waals surface area (Å²) in [6.45, 7) is 0.333. The SMILES string of the molecule is [N-]=[N+]=CC(=O)OCCCc1ccccc1. The molecule has 1 aromatic carbocycles. The van der Waals surface area contributed by atoms with Crippen molar-refractivity contribution < 1.29 is 14.3 Å². The summed E-state index contributed by atoms with van der Waals surface area (Å²) in [5.74, 6) is -0.620. The maximum atomic E-state index is 10.7. The molecular formula is C11H12N2O2. The predicted octanol–water partition coefficient (Wildman–Crippen LogP) is 1.46. The van der Waals surface area contributed by atoms with Crippen LogP contribution in [0.3, 0.4) is 0 Å². The van der Waals surface area contributed by atoms with Gasteiger partial charge in [-0.05, 0) is 18.4 Å². The van der Waals surface area contributed by atoms with Gasteiger partial charge in [-0.2, -0.15) is 4.79 Å². The lowest BCUT2D eigenvalue weighted by molar-refractivity contribution is -0.139. The van der Waals surface area contributed by atoms with Crippen molar-refractivity contribution >= 4 is 12.2 Å². The second-order valence-electron chi connectivity index (χ2n) is 3.00. The van der Waals surface area contributed by atoms with Crippen LogP contribution in [0.25, 0.3) is 5.53 Å². The zero-order chi connectivity index (χ0) is 10.9. The molecule has 4 nitrogen and oxygen atoms in total. The van der Waals surface area contributed by atoms with Crippen LogP contribution in [0, 0.1) is 0 Å². The second-order valence-corrected chi connectivity index (χ2v) is 3.00. The lowest BCUT2D eigenvalue weighted by Gasteiger charge is -2.00. The Morgan fingerprint density at radius 3 is 2.80 bits per heavy atom. The summed E-state index contributed by atoms with van der Waals surface area (Å²) in [5.41, 5.74) is 9.25. The predicted molar refractivity (Wildman–Crippen MR) is 55.4 cm³/mol. The van der Waals surface area contributed by atoms with Crippen molar-refractivity contribution in [2.24, 2.45) is 0 Å². The Bertz CT molecular complexity index is 356. The first-order valence-electron chi connectivity index (χ1n) is 4.71. The third-order valence-corrected chi connectivity index (χ3v) is 1.86. The number of aryl methyl sites for hydroxylation is 1. The third-order valence-electron chi connectivity index (χ3n) is 1.86. The summed E-state index contributed by atoms with van der Waals surface area (Å²) in [7, 11) is 0. The highest BCUT2D eigenvalue weighted by Crippen LogP contribution is 2.02. The molecule has 0 N–H and O–H groups in total. The van der Waals surface area contributed by atoms with Crippen molar-refractivity contribution in [1.29, 1.82) is 0 Å². The fourth-order valence-electron chi connectivity index (χ4n) is 1.18. The van der Waals surface area contributed by atoms with E-state index in [4.69, 9.17) is 10.3 Å². The first-order chi connectivity index (χ1) is 7.33. The Morgan fingerprint density at radius 1 is 1.40 bits per heavy atom. The number of carbonyl (C=O) groups excluding carboxylic acids is 1. The molecule has 0 atom stereocenters. The molecule has 4 heteroatoms. The molecule has 78 valence electrons. The van der Waals surface area contributed by atoms with E-state index in [9.17, 15) is 4.79 Å². The Labute approximate surface area is 88.1 Å². The molecule has 0 aliphatic rings. The van der Waals surface area contributed by atoms with E-state index >= 15 is 0 Å². The average Bonchev–Trinajstić information content (AvgIpc) is 2.26. The molecule has 0 unspecified atom stereocenters. The van der Waals surface area contributed by atoms with Crippen molar-refractivity contribution in [2.75, 3.05) is 6.61 Å². The molecule has 0 saturated carbocycles. The minimum Gasteiger partial charge on any atom is -0.457 e. The monoisotopic (exact) mass is 204 g/mol. The van der Waals surface area contributed by atoms with Crippen molar-refractivity contribution in [2.45, 2.75) is 12.8 Å². The van der Waals surface area contributed by atoms with E-state index in [2.05, 4.69) is 4.79 Å². The average molecular weight is 204 g/mol. The molecule has 1 aromatic rings. The lowest BCUT2D eigenvalue weighted by Crippen LogP contribution is -2.07. The zero-order valence-corrected chi connectivity index (χ0v) is 8.30. The van der Waals surface area contributed by atoms with Gasteiger partial charge >= 0.3 is 12.2 Å².